The van der Waals surface area contributed by atoms with Crippen LogP contribution < -0.4 is 14.4 Å². The monoisotopic (exact) mass is 468 g/mol. The Kier molecular flexibility index (Phi) is 5.81. The van der Waals surface area contributed by atoms with Gasteiger partial charge in [0.1, 0.15) is 0 Å². The lowest BCUT2D eigenvalue weighted by Crippen LogP contribution is -2.44. The smallest absolute Gasteiger partial charge is 0.417 e. The van der Waals surface area contributed by atoms with Crippen molar-refractivity contribution in [3.05, 3.63) is 52.0 Å². The molecule has 2 aromatic carbocycles. The first-order valence-electron chi connectivity index (χ1n) is 9.85. The zero-order chi connectivity index (χ0) is 23.2. The van der Waals surface area contributed by atoms with Crippen molar-refractivity contribution >= 4 is 29.1 Å². The van der Waals surface area contributed by atoms with Crippen LogP contribution in [0.4, 0.5) is 18.9 Å². The highest BCUT2D eigenvalue weighted by Gasteiger charge is 2.44. The van der Waals surface area contributed by atoms with Crippen molar-refractivity contribution in [2.24, 2.45) is 0 Å². The average Bonchev–Trinajstić information content (AvgIpc) is 3.05. The average molecular weight is 469 g/mol. The molecule has 1 atom stereocenters. The lowest BCUT2D eigenvalue weighted by atomic mass is 9.97. The summed E-state index contributed by atoms with van der Waals surface area (Å²) in [4.78, 5) is 28.4. The van der Waals surface area contributed by atoms with Crippen LogP contribution in [0.1, 0.15) is 23.1 Å². The predicted octanol–water partition coefficient (Wildman–Crippen LogP) is 4.07. The molecule has 2 heterocycles. The Bertz CT molecular complexity index is 1090. The molecule has 2 aliphatic rings. The van der Waals surface area contributed by atoms with Crippen molar-refractivity contribution in [3.8, 4) is 11.5 Å². The molecule has 4 rings (SSSR count). The zero-order valence-corrected chi connectivity index (χ0v) is 18.1. The van der Waals surface area contributed by atoms with Gasteiger partial charge in [-0.05, 0) is 47.9 Å². The molecule has 6 nitrogen and oxygen atoms in total. The largest absolute Gasteiger partial charge is 0.493 e. The van der Waals surface area contributed by atoms with Gasteiger partial charge in [0.05, 0.1) is 43.0 Å². The summed E-state index contributed by atoms with van der Waals surface area (Å²) in [5, 5.41) is -0.492. The van der Waals surface area contributed by atoms with Crippen molar-refractivity contribution in [2.75, 3.05) is 25.7 Å². The summed E-state index contributed by atoms with van der Waals surface area (Å²) in [5.41, 5.74) is 0.773. The number of amides is 2. The molecule has 0 N–H and O–H groups in total. The topological polar surface area (TPSA) is 59.1 Å². The van der Waals surface area contributed by atoms with Gasteiger partial charge in [-0.25, -0.2) is 4.90 Å². The number of hydrogen-bond donors (Lipinski definition) is 0. The van der Waals surface area contributed by atoms with Crippen molar-refractivity contribution in [1.29, 1.82) is 0 Å². The molecular formula is C22H20ClF3N2O4. The Morgan fingerprint density at radius 3 is 2.31 bits per heavy atom. The highest BCUT2D eigenvalue weighted by molar-refractivity contribution is 6.31. The summed E-state index contributed by atoms with van der Waals surface area (Å²) < 4.78 is 50.4. The fourth-order valence-corrected chi connectivity index (χ4v) is 4.44. The van der Waals surface area contributed by atoms with Gasteiger partial charge in [0.15, 0.2) is 11.5 Å². The number of hydrogen-bond acceptors (Lipinski definition) is 5. The van der Waals surface area contributed by atoms with Gasteiger partial charge in [0, 0.05) is 13.1 Å². The molecule has 170 valence electrons. The predicted molar refractivity (Wildman–Crippen MR) is 111 cm³/mol. The molecular weight excluding hydrogens is 449 g/mol. The van der Waals surface area contributed by atoms with E-state index in [0.29, 0.717) is 31.0 Å². The van der Waals surface area contributed by atoms with E-state index in [4.69, 9.17) is 21.1 Å². The molecule has 10 heteroatoms. The van der Waals surface area contributed by atoms with Crippen molar-refractivity contribution in [3.63, 3.8) is 0 Å². The normalized spacial score (nSPS) is 19.3. The molecule has 1 saturated heterocycles. The van der Waals surface area contributed by atoms with Gasteiger partial charge in [0.25, 0.3) is 5.91 Å². The van der Waals surface area contributed by atoms with E-state index < -0.39 is 34.6 Å². The van der Waals surface area contributed by atoms with Crippen LogP contribution >= 0.6 is 11.6 Å². The van der Waals surface area contributed by atoms with Crippen LogP contribution in [-0.2, 0) is 28.7 Å². The Hall–Kier alpha value is -2.78. The summed E-state index contributed by atoms with van der Waals surface area (Å²) in [5.74, 6) is 0.0773. The highest BCUT2D eigenvalue weighted by Crippen LogP contribution is 2.39. The Morgan fingerprint density at radius 2 is 1.69 bits per heavy atom. The van der Waals surface area contributed by atoms with Gasteiger partial charge in [-0.15, -0.1) is 0 Å². The Balaban J connectivity index is 1.59. The van der Waals surface area contributed by atoms with E-state index in [9.17, 15) is 22.8 Å². The summed E-state index contributed by atoms with van der Waals surface area (Å²) >= 11 is 5.67. The van der Waals surface area contributed by atoms with Crippen LogP contribution in [0.15, 0.2) is 30.3 Å². The summed E-state index contributed by atoms with van der Waals surface area (Å²) in [7, 11) is 3.08. The van der Waals surface area contributed by atoms with Gasteiger partial charge < -0.3 is 9.47 Å². The molecule has 0 radical (unpaired) electrons. The second-order valence-corrected chi connectivity index (χ2v) is 8.05. The van der Waals surface area contributed by atoms with E-state index in [2.05, 4.69) is 0 Å². The van der Waals surface area contributed by atoms with Gasteiger partial charge >= 0.3 is 6.18 Å². The molecule has 0 aromatic heterocycles. The zero-order valence-electron chi connectivity index (χ0n) is 17.3. The first-order valence-corrected chi connectivity index (χ1v) is 10.2. The Labute approximate surface area is 187 Å². The number of alkyl halides is 3. The maximum absolute atomic E-state index is 13.2. The molecule has 0 spiro atoms. The molecule has 0 bridgehead atoms. The minimum atomic E-state index is -4.70. The molecule has 2 aliphatic heterocycles. The van der Waals surface area contributed by atoms with E-state index in [-0.39, 0.29) is 12.1 Å². The fraction of sp³-hybridized carbons (Fsp3) is 0.364. The number of methoxy groups -OCH3 is 2. The van der Waals surface area contributed by atoms with E-state index in [1.165, 1.54) is 13.2 Å². The minimum absolute atomic E-state index is 0.106. The van der Waals surface area contributed by atoms with Gasteiger partial charge in [-0.3, -0.25) is 14.5 Å². The number of carbonyl (C=O) groups is 2. The molecule has 1 fully saturated rings. The number of carbonyl (C=O) groups excluding carboxylic acids is 2. The molecule has 0 saturated carbocycles. The first kappa shape index (κ1) is 22.4. The van der Waals surface area contributed by atoms with Gasteiger partial charge in [0.2, 0.25) is 5.91 Å². The first-order chi connectivity index (χ1) is 15.1. The van der Waals surface area contributed by atoms with Crippen LogP contribution in [0.25, 0.3) is 0 Å². The van der Waals surface area contributed by atoms with Crippen LogP contribution in [0.3, 0.4) is 0 Å². The molecule has 2 amide bonds. The van der Waals surface area contributed by atoms with Gasteiger partial charge in [-0.2, -0.15) is 13.2 Å². The number of rotatable bonds is 4. The Morgan fingerprint density at radius 1 is 1.03 bits per heavy atom. The molecule has 32 heavy (non-hydrogen) atoms. The van der Waals surface area contributed by atoms with E-state index in [0.717, 1.165) is 28.2 Å². The lowest BCUT2D eigenvalue weighted by Gasteiger charge is -2.32. The van der Waals surface area contributed by atoms with Crippen molar-refractivity contribution < 1.29 is 32.2 Å². The summed E-state index contributed by atoms with van der Waals surface area (Å²) in [6.07, 6.45) is -4.17. The second kappa shape index (κ2) is 8.29. The number of benzene rings is 2. The SMILES string of the molecule is COc1cc2c(cc1OC)CN([C@@H]1CC(=O)N(c3ccc(Cl)c(C(F)(F)F)c3)C1=O)CC2. The molecule has 0 aliphatic carbocycles. The summed E-state index contributed by atoms with van der Waals surface area (Å²) in [6, 6.07) is 6.01. The number of fused-ring (bicyclic) bond motifs is 1. The maximum atomic E-state index is 13.2. The number of nitrogens with zero attached hydrogens (tertiary/aromatic N) is 2. The van der Waals surface area contributed by atoms with E-state index in [1.54, 1.807) is 7.11 Å². The van der Waals surface area contributed by atoms with Crippen LogP contribution in [0, 0.1) is 0 Å². The second-order valence-electron chi connectivity index (χ2n) is 7.65. The van der Waals surface area contributed by atoms with Gasteiger partial charge in [-0.1, -0.05) is 11.6 Å². The third-order valence-electron chi connectivity index (χ3n) is 5.82. The van der Waals surface area contributed by atoms with E-state index >= 15 is 0 Å². The standard InChI is InChI=1S/C22H20ClF3N2O4/c1-31-18-7-12-5-6-27(11-13(12)8-19(18)32-2)17-10-20(29)28(21(17)30)14-3-4-16(23)15(9-14)22(24,25)26/h3-4,7-9,17H,5-6,10-11H2,1-2H3/t17-/m1/s1. The third-order valence-corrected chi connectivity index (χ3v) is 6.15. The van der Waals surface area contributed by atoms with Crippen molar-refractivity contribution in [1.82, 2.24) is 4.90 Å². The quantitative estimate of drug-likeness (QED) is 0.633. The minimum Gasteiger partial charge on any atom is -0.493 e. The molecule has 0 unspecified atom stereocenters. The fourth-order valence-electron chi connectivity index (χ4n) is 4.21. The number of anilines is 1. The van der Waals surface area contributed by atoms with Crippen LogP contribution in [-0.4, -0.2) is 43.5 Å². The number of halogens is 4. The molecule has 2 aromatic rings. The summed E-state index contributed by atoms with van der Waals surface area (Å²) in [6.45, 7) is 0.927. The number of ether oxygens (including phenoxy) is 2. The van der Waals surface area contributed by atoms with Crippen molar-refractivity contribution in [2.45, 2.75) is 31.6 Å². The third kappa shape index (κ3) is 3.91. The lowest BCUT2D eigenvalue weighted by molar-refractivity contribution is -0.137. The van der Waals surface area contributed by atoms with Crippen LogP contribution in [0.5, 0.6) is 11.5 Å². The van der Waals surface area contributed by atoms with Crippen LogP contribution in [0.2, 0.25) is 5.02 Å². The van der Waals surface area contributed by atoms with E-state index in [1.807, 2.05) is 17.0 Å². The highest BCUT2D eigenvalue weighted by atomic mass is 35.5. The maximum Gasteiger partial charge on any atom is 0.417 e. The number of imide groups is 1.